The largest absolute Gasteiger partial charge is 0.857 e. The fraction of sp³-hybridized carbons (Fsp3) is 0.200. The molecule has 0 radical (unpaired) electrons. The van der Waals surface area contributed by atoms with Gasteiger partial charge in [-0.25, -0.2) is 0 Å². The molecule has 1 fully saturated rings. The van der Waals surface area contributed by atoms with Crippen molar-refractivity contribution >= 4 is 21.8 Å². The molecule has 0 N–H and O–H groups in total. The fourth-order valence-corrected chi connectivity index (χ4v) is 2.45. The van der Waals surface area contributed by atoms with Crippen molar-refractivity contribution in [3.05, 3.63) is 64.9 Å². The van der Waals surface area contributed by atoms with Gasteiger partial charge in [0, 0.05) is 28.4 Å². The summed E-state index contributed by atoms with van der Waals surface area (Å²) in [6, 6.07) is 13.8. The zero-order valence-electron chi connectivity index (χ0n) is 10.2. The summed E-state index contributed by atoms with van der Waals surface area (Å²) in [4.78, 5) is 0. The lowest BCUT2D eigenvalue weighted by molar-refractivity contribution is -0.681. The molecule has 1 aromatic carbocycles. The van der Waals surface area contributed by atoms with Crippen LogP contribution in [0.25, 0.3) is 0 Å². The molecular weight excluding hydrogens is 304 g/mol. The SMILES string of the molecule is [O-]C(=N[n+]1ccccc1)C1CC1c1ccc(Br)cc1. The molecule has 1 aliphatic carbocycles. The van der Waals surface area contributed by atoms with Crippen molar-refractivity contribution in [3.63, 3.8) is 0 Å². The van der Waals surface area contributed by atoms with Crippen LogP contribution in [0.4, 0.5) is 0 Å². The molecule has 0 saturated heterocycles. The van der Waals surface area contributed by atoms with Crippen molar-refractivity contribution in [2.45, 2.75) is 12.3 Å². The standard InChI is InChI=1S/C15H13BrN2O/c16-12-6-4-11(5-7-12)13-10-14(13)15(19)17-18-8-2-1-3-9-18/h1-9,13-14H,10H2. The first-order valence-corrected chi connectivity index (χ1v) is 7.01. The second-order valence-corrected chi connectivity index (χ2v) is 5.61. The Morgan fingerprint density at radius 2 is 1.84 bits per heavy atom. The molecule has 2 unspecified atom stereocenters. The van der Waals surface area contributed by atoms with E-state index in [1.54, 1.807) is 17.1 Å². The van der Waals surface area contributed by atoms with Crippen LogP contribution < -0.4 is 9.78 Å². The topological polar surface area (TPSA) is 39.3 Å². The molecule has 1 aliphatic rings. The van der Waals surface area contributed by atoms with Crippen molar-refractivity contribution in [1.29, 1.82) is 0 Å². The van der Waals surface area contributed by atoms with E-state index in [9.17, 15) is 5.11 Å². The second kappa shape index (κ2) is 5.13. The van der Waals surface area contributed by atoms with E-state index < -0.39 is 0 Å². The van der Waals surface area contributed by atoms with Crippen LogP contribution in [-0.4, -0.2) is 5.90 Å². The van der Waals surface area contributed by atoms with Crippen LogP contribution in [0.15, 0.2) is 64.4 Å². The van der Waals surface area contributed by atoms with Crippen molar-refractivity contribution in [2.75, 3.05) is 0 Å². The molecule has 3 rings (SSSR count). The number of hydrogen-bond acceptors (Lipinski definition) is 2. The van der Waals surface area contributed by atoms with Crippen LogP contribution in [0.5, 0.6) is 0 Å². The third kappa shape index (κ3) is 2.84. The summed E-state index contributed by atoms with van der Waals surface area (Å²) >= 11 is 3.41. The molecule has 1 heterocycles. The van der Waals surface area contributed by atoms with Gasteiger partial charge in [0.25, 0.3) is 0 Å². The normalized spacial score (nSPS) is 22.3. The van der Waals surface area contributed by atoms with E-state index in [0.29, 0.717) is 5.92 Å². The Hall–Kier alpha value is -1.68. The summed E-state index contributed by atoms with van der Waals surface area (Å²) in [5, 5.41) is 16.1. The molecule has 2 atom stereocenters. The Labute approximate surface area is 120 Å². The van der Waals surface area contributed by atoms with E-state index >= 15 is 0 Å². The summed E-state index contributed by atoms with van der Waals surface area (Å²) in [6.07, 6.45) is 4.45. The van der Waals surface area contributed by atoms with Gasteiger partial charge in [-0.05, 0) is 35.1 Å². The predicted molar refractivity (Wildman–Crippen MR) is 74.5 cm³/mol. The number of halogens is 1. The monoisotopic (exact) mass is 316 g/mol. The van der Waals surface area contributed by atoms with Crippen molar-refractivity contribution < 1.29 is 9.78 Å². The maximum Gasteiger partial charge on any atom is 0.202 e. The highest BCUT2D eigenvalue weighted by molar-refractivity contribution is 9.10. The molecule has 0 amide bonds. The number of benzene rings is 1. The molecule has 4 heteroatoms. The molecule has 96 valence electrons. The number of pyridine rings is 1. The molecule has 3 nitrogen and oxygen atoms in total. The number of rotatable bonds is 3. The Morgan fingerprint density at radius 3 is 2.53 bits per heavy atom. The van der Waals surface area contributed by atoms with Crippen LogP contribution in [-0.2, 0) is 0 Å². The Kier molecular flexibility index (Phi) is 3.34. The Bertz CT molecular complexity index is 595. The van der Waals surface area contributed by atoms with E-state index in [2.05, 4.69) is 33.2 Å². The van der Waals surface area contributed by atoms with E-state index in [0.717, 1.165) is 10.9 Å². The van der Waals surface area contributed by atoms with Gasteiger partial charge in [0.1, 0.15) is 0 Å². The molecule has 19 heavy (non-hydrogen) atoms. The highest BCUT2D eigenvalue weighted by Crippen LogP contribution is 2.47. The molecule has 0 aliphatic heterocycles. The summed E-state index contributed by atoms with van der Waals surface area (Å²) in [5.74, 6) is 0.326. The minimum atomic E-state index is -0.0379. The molecule has 1 saturated carbocycles. The van der Waals surface area contributed by atoms with Crippen LogP contribution in [0.3, 0.4) is 0 Å². The first kappa shape index (κ1) is 12.4. The summed E-state index contributed by atoms with van der Waals surface area (Å²) < 4.78 is 2.63. The summed E-state index contributed by atoms with van der Waals surface area (Å²) in [7, 11) is 0. The second-order valence-electron chi connectivity index (χ2n) is 4.69. The Morgan fingerprint density at radius 1 is 1.16 bits per heavy atom. The lowest BCUT2D eigenvalue weighted by atomic mass is 10.1. The highest BCUT2D eigenvalue weighted by Gasteiger charge is 2.39. The third-order valence-corrected chi connectivity index (χ3v) is 3.85. The third-order valence-electron chi connectivity index (χ3n) is 3.32. The zero-order chi connectivity index (χ0) is 13.2. The van der Waals surface area contributed by atoms with Gasteiger partial charge in [-0.1, -0.05) is 38.8 Å². The van der Waals surface area contributed by atoms with Crippen LogP contribution in [0, 0.1) is 5.92 Å². The van der Waals surface area contributed by atoms with E-state index in [1.165, 1.54) is 5.56 Å². The van der Waals surface area contributed by atoms with Crippen LogP contribution in [0.2, 0.25) is 0 Å². The molecule has 2 aromatic rings. The first-order chi connectivity index (χ1) is 9.24. The van der Waals surface area contributed by atoms with E-state index in [1.807, 2.05) is 30.3 Å². The van der Waals surface area contributed by atoms with Gasteiger partial charge in [0.15, 0.2) is 0 Å². The van der Waals surface area contributed by atoms with Crippen molar-refractivity contribution in [1.82, 2.24) is 0 Å². The van der Waals surface area contributed by atoms with E-state index in [-0.39, 0.29) is 11.8 Å². The maximum absolute atomic E-state index is 12.0. The molecule has 1 aromatic heterocycles. The quantitative estimate of drug-likeness (QED) is 0.485. The fourth-order valence-electron chi connectivity index (χ4n) is 2.19. The number of hydrogen-bond donors (Lipinski definition) is 0. The zero-order valence-corrected chi connectivity index (χ0v) is 11.8. The van der Waals surface area contributed by atoms with Crippen LogP contribution in [0.1, 0.15) is 17.9 Å². The average molecular weight is 317 g/mol. The Balaban J connectivity index is 1.72. The van der Waals surface area contributed by atoms with Gasteiger partial charge in [-0.2, -0.15) is 0 Å². The van der Waals surface area contributed by atoms with Crippen molar-refractivity contribution in [3.8, 4) is 0 Å². The van der Waals surface area contributed by atoms with Crippen molar-refractivity contribution in [2.24, 2.45) is 11.0 Å². The first-order valence-electron chi connectivity index (χ1n) is 6.21. The van der Waals surface area contributed by atoms with E-state index in [4.69, 9.17) is 0 Å². The lowest BCUT2D eigenvalue weighted by Gasteiger charge is -2.06. The smallest absolute Gasteiger partial charge is 0.202 e. The lowest BCUT2D eigenvalue weighted by Crippen LogP contribution is -2.33. The molecular formula is C15H13BrN2O. The average Bonchev–Trinajstić information content (AvgIpc) is 3.21. The number of nitrogens with zero attached hydrogens (tertiary/aromatic N) is 2. The molecule has 0 bridgehead atoms. The highest BCUT2D eigenvalue weighted by atomic mass is 79.9. The minimum absolute atomic E-state index is 0.0360. The van der Waals surface area contributed by atoms with Crippen LogP contribution >= 0.6 is 15.9 Å². The predicted octanol–water partition coefficient (Wildman–Crippen LogP) is 2.06. The minimum Gasteiger partial charge on any atom is -0.857 e. The molecule has 0 spiro atoms. The van der Waals surface area contributed by atoms with Gasteiger partial charge >= 0.3 is 0 Å². The van der Waals surface area contributed by atoms with Gasteiger partial charge in [0.05, 0.1) is 0 Å². The summed E-state index contributed by atoms with van der Waals surface area (Å²) in [6.45, 7) is 0. The van der Waals surface area contributed by atoms with Gasteiger partial charge < -0.3 is 5.11 Å². The van der Waals surface area contributed by atoms with Gasteiger partial charge in [0.2, 0.25) is 12.4 Å². The van der Waals surface area contributed by atoms with Gasteiger partial charge in [-0.3, -0.25) is 0 Å². The number of aromatic nitrogens is 1. The van der Waals surface area contributed by atoms with Gasteiger partial charge in [-0.15, -0.1) is 0 Å². The maximum atomic E-state index is 12.0. The summed E-state index contributed by atoms with van der Waals surface area (Å²) in [5.41, 5.74) is 1.22.